The van der Waals surface area contributed by atoms with Gasteiger partial charge in [-0.3, -0.25) is 9.59 Å². The highest BCUT2D eigenvalue weighted by atomic mass is 19.1. The van der Waals surface area contributed by atoms with E-state index in [-0.39, 0.29) is 29.8 Å². The van der Waals surface area contributed by atoms with Gasteiger partial charge < -0.3 is 19.4 Å². The Bertz CT molecular complexity index is 1450. The van der Waals surface area contributed by atoms with Crippen molar-refractivity contribution in [1.82, 2.24) is 9.80 Å². The van der Waals surface area contributed by atoms with Crippen molar-refractivity contribution in [1.29, 1.82) is 0 Å². The fraction of sp³-hybridized carbons (Fsp3) is 0.353. The molecular formula is C34H36FN3O3. The highest BCUT2D eigenvalue weighted by molar-refractivity contribution is 5.97. The topological polar surface area (TPSA) is 53.1 Å². The van der Waals surface area contributed by atoms with Crippen LogP contribution in [0.2, 0.25) is 0 Å². The summed E-state index contributed by atoms with van der Waals surface area (Å²) in [6.45, 7) is 4.86. The van der Waals surface area contributed by atoms with E-state index in [2.05, 4.69) is 25.1 Å². The number of amides is 2. The van der Waals surface area contributed by atoms with Crippen molar-refractivity contribution in [2.45, 2.75) is 51.3 Å². The minimum Gasteiger partial charge on any atom is -0.482 e. The Morgan fingerprint density at radius 1 is 0.951 bits per heavy atom. The summed E-state index contributed by atoms with van der Waals surface area (Å²) in [7, 11) is 0. The van der Waals surface area contributed by atoms with Gasteiger partial charge in [0.1, 0.15) is 11.9 Å². The lowest BCUT2D eigenvalue weighted by molar-refractivity contribution is -0.149. The Hall–Kier alpha value is -4.13. The average Bonchev–Trinajstić information content (AvgIpc) is 3.00. The number of halogens is 1. The third-order valence-corrected chi connectivity index (χ3v) is 8.47. The first-order chi connectivity index (χ1) is 20.0. The predicted molar refractivity (Wildman–Crippen MR) is 158 cm³/mol. The molecule has 2 amide bonds. The summed E-state index contributed by atoms with van der Waals surface area (Å²) >= 11 is 0. The number of hydrogen-bond donors (Lipinski definition) is 0. The molecule has 0 aromatic heterocycles. The molecule has 1 saturated carbocycles. The van der Waals surface area contributed by atoms with E-state index in [1.54, 1.807) is 30.3 Å². The molecule has 41 heavy (non-hydrogen) atoms. The summed E-state index contributed by atoms with van der Waals surface area (Å²) in [4.78, 5) is 32.6. The molecule has 0 radical (unpaired) electrons. The molecule has 6 nitrogen and oxygen atoms in total. The molecule has 2 atom stereocenters. The Labute approximate surface area is 241 Å². The first kappa shape index (κ1) is 27.1. The number of ether oxygens (including phenoxy) is 1. The largest absolute Gasteiger partial charge is 0.482 e. The normalized spacial score (nSPS) is 22.0. The van der Waals surface area contributed by atoms with Crippen molar-refractivity contribution in [3.05, 3.63) is 107 Å². The zero-order valence-corrected chi connectivity index (χ0v) is 23.5. The third kappa shape index (κ3) is 5.85. The summed E-state index contributed by atoms with van der Waals surface area (Å²) in [6, 6.07) is 22.5. The predicted octanol–water partition coefficient (Wildman–Crippen LogP) is 5.81. The molecule has 1 aliphatic carbocycles. The zero-order chi connectivity index (χ0) is 28.3. The number of morpholine rings is 1. The lowest BCUT2D eigenvalue weighted by Gasteiger charge is -2.44. The number of rotatable bonds is 5. The Morgan fingerprint density at radius 2 is 1.71 bits per heavy atom. The van der Waals surface area contributed by atoms with Gasteiger partial charge in [-0.2, -0.15) is 0 Å². The molecule has 3 aliphatic rings. The van der Waals surface area contributed by atoms with Crippen LogP contribution in [0.1, 0.15) is 52.7 Å². The zero-order valence-electron chi connectivity index (χ0n) is 23.5. The van der Waals surface area contributed by atoms with Crippen molar-refractivity contribution >= 4 is 23.6 Å². The van der Waals surface area contributed by atoms with Gasteiger partial charge in [0.25, 0.3) is 11.8 Å². The van der Waals surface area contributed by atoms with Gasteiger partial charge in [-0.25, -0.2) is 4.39 Å². The summed E-state index contributed by atoms with van der Waals surface area (Å²) < 4.78 is 20.5. The van der Waals surface area contributed by atoms with E-state index in [1.807, 2.05) is 39.0 Å². The number of carbonyl (C=O) groups is 2. The maximum Gasteiger partial charge on any atom is 0.289 e. The van der Waals surface area contributed by atoms with E-state index in [0.29, 0.717) is 49.7 Å². The highest BCUT2D eigenvalue weighted by Crippen LogP contribution is 2.34. The fourth-order valence-corrected chi connectivity index (χ4v) is 6.28. The smallest absolute Gasteiger partial charge is 0.289 e. The van der Waals surface area contributed by atoms with Crippen molar-refractivity contribution in [2.24, 2.45) is 0 Å². The van der Waals surface area contributed by atoms with Gasteiger partial charge in [0.15, 0.2) is 5.76 Å². The number of hydrogen-bond acceptors (Lipinski definition) is 4. The molecule has 3 fully saturated rings. The second-order valence-electron chi connectivity index (χ2n) is 11.3. The molecular weight excluding hydrogens is 517 g/mol. The number of carbonyl (C=O) groups excluding carboxylic acids is 2. The van der Waals surface area contributed by atoms with Crippen molar-refractivity contribution < 1.29 is 18.7 Å². The SMILES string of the molecule is Cc1cccc(CN2C(=O)/C(=C\c3ccc(C(=O)N4CCN(c5ccccc5F)CC4)cc3)OC3CCCCC32)c1. The Balaban J connectivity index is 1.14. The molecule has 3 aromatic rings. The molecule has 212 valence electrons. The summed E-state index contributed by atoms with van der Waals surface area (Å²) in [5.41, 5.74) is 4.30. The van der Waals surface area contributed by atoms with Crippen molar-refractivity contribution in [3.63, 3.8) is 0 Å². The van der Waals surface area contributed by atoms with Crippen LogP contribution in [0.3, 0.4) is 0 Å². The lowest BCUT2D eigenvalue weighted by atomic mass is 9.89. The third-order valence-electron chi connectivity index (χ3n) is 8.47. The van der Waals surface area contributed by atoms with E-state index in [1.165, 1.54) is 11.6 Å². The van der Waals surface area contributed by atoms with Crippen LogP contribution in [-0.2, 0) is 16.1 Å². The van der Waals surface area contributed by atoms with Crippen LogP contribution in [0.25, 0.3) is 6.08 Å². The second-order valence-corrected chi connectivity index (χ2v) is 11.3. The van der Waals surface area contributed by atoms with Crippen molar-refractivity contribution in [3.8, 4) is 0 Å². The summed E-state index contributed by atoms with van der Waals surface area (Å²) in [5.74, 6) is -0.00172. The van der Waals surface area contributed by atoms with Crippen LogP contribution >= 0.6 is 0 Å². The van der Waals surface area contributed by atoms with E-state index in [9.17, 15) is 14.0 Å². The number of benzene rings is 3. The van der Waals surface area contributed by atoms with Crippen molar-refractivity contribution in [2.75, 3.05) is 31.1 Å². The Morgan fingerprint density at radius 3 is 2.46 bits per heavy atom. The minimum absolute atomic E-state index is 0.00129. The van der Waals surface area contributed by atoms with Crippen LogP contribution in [0.15, 0.2) is 78.6 Å². The minimum atomic E-state index is -0.241. The quantitative estimate of drug-likeness (QED) is 0.375. The molecule has 0 bridgehead atoms. The molecule has 7 heteroatoms. The van der Waals surface area contributed by atoms with Crippen LogP contribution in [0.5, 0.6) is 0 Å². The van der Waals surface area contributed by atoms with Crippen LogP contribution in [0, 0.1) is 12.7 Å². The molecule has 2 heterocycles. The van der Waals surface area contributed by atoms with Crippen LogP contribution < -0.4 is 4.90 Å². The first-order valence-electron chi connectivity index (χ1n) is 14.6. The summed E-state index contributed by atoms with van der Waals surface area (Å²) in [5, 5.41) is 0. The van der Waals surface area contributed by atoms with Gasteiger partial charge in [-0.05, 0) is 67.7 Å². The average molecular weight is 554 g/mol. The number of anilines is 1. The van der Waals surface area contributed by atoms with E-state index in [4.69, 9.17) is 4.74 Å². The molecule has 2 unspecified atom stereocenters. The molecule has 6 rings (SSSR count). The number of aryl methyl sites for hydroxylation is 1. The molecule has 0 N–H and O–H groups in total. The maximum absolute atomic E-state index is 14.2. The van der Waals surface area contributed by atoms with Crippen LogP contribution in [-0.4, -0.2) is 59.9 Å². The highest BCUT2D eigenvalue weighted by Gasteiger charge is 2.41. The van der Waals surface area contributed by atoms with Gasteiger partial charge in [-0.1, -0.05) is 60.5 Å². The Kier molecular flexibility index (Phi) is 7.77. The van der Waals surface area contributed by atoms with Gasteiger partial charge in [0.2, 0.25) is 0 Å². The molecule has 2 aliphatic heterocycles. The van der Waals surface area contributed by atoms with E-state index in [0.717, 1.165) is 36.8 Å². The maximum atomic E-state index is 14.2. The lowest BCUT2D eigenvalue weighted by Crippen LogP contribution is -2.54. The van der Waals surface area contributed by atoms with Gasteiger partial charge in [0.05, 0.1) is 11.7 Å². The fourth-order valence-electron chi connectivity index (χ4n) is 6.28. The second kappa shape index (κ2) is 11.8. The molecule has 0 spiro atoms. The number of para-hydroxylation sites is 1. The van der Waals surface area contributed by atoms with Gasteiger partial charge in [-0.15, -0.1) is 0 Å². The number of fused-ring (bicyclic) bond motifs is 1. The first-order valence-corrected chi connectivity index (χ1v) is 14.6. The number of piperazine rings is 1. The number of nitrogens with zero attached hydrogens (tertiary/aromatic N) is 3. The molecule has 2 saturated heterocycles. The monoisotopic (exact) mass is 553 g/mol. The van der Waals surface area contributed by atoms with Gasteiger partial charge >= 0.3 is 0 Å². The van der Waals surface area contributed by atoms with E-state index >= 15 is 0 Å². The molecule has 3 aromatic carbocycles. The van der Waals surface area contributed by atoms with Crippen LogP contribution in [0.4, 0.5) is 10.1 Å². The summed E-state index contributed by atoms with van der Waals surface area (Å²) in [6.07, 6.45) is 5.92. The standard InChI is InChI=1S/C34H36FN3O3/c1-24-7-6-8-26(21-24)23-38-30-11-4-5-12-31(30)41-32(34(38)40)22-25-13-15-27(16-14-25)33(39)37-19-17-36(18-20-37)29-10-3-2-9-28(29)35/h2-3,6-10,13-16,21-22,30-31H,4-5,11-12,17-20,23H2,1H3/b32-22+. The van der Waals surface area contributed by atoms with E-state index < -0.39 is 0 Å². The van der Waals surface area contributed by atoms with Gasteiger partial charge in [0, 0.05) is 38.3 Å².